The van der Waals surface area contributed by atoms with Gasteiger partial charge in [-0.2, -0.15) is 15.0 Å². The average molecular weight is 274 g/mol. The van der Waals surface area contributed by atoms with E-state index in [9.17, 15) is 0 Å². The van der Waals surface area contributed by atoms with Crippen LogP contribution in [0.2, 0.25) is 5.28 Å². The average Bonchev–Trinajstić information content (AvgIpc) is 2.39. The molecule has 1 aliphatic rings. The molecule has 0 aliphatic carbocycles. The second-order valence-electron chi connectivity index (χ2n) is 4.06. The van der Waals surface area contributed by atoms with Gasteiger partial charge in [-0.15, -0.1) is 0 Å². The molecule has 1 aliphatic heterocycles. The molecule has 0 amide bonds. The minimum atomic E-state index is -0.138. The van der Waals surface area contributed by atoms with Crippen LogP contribution in [0.15, 0.2) is 0 Å². The van der Waals surface area contributed by atoms with E-state index in [1.807, 2.05) is 11.8 Å². The number of rotatable bonds is 4. The minimum absolute atomic E-state index is 0.00378. The van der Waals surface area contributed by atoms with Crippen molar-refractivity contribution in [2.24, 2.45) is 0 Å². The van der Waals surface area contributed by atoms with Crippen molar-refractivity contribution >= 4 is 23.5 Å². The smallest absolute Gasteiger partial charge is 0.231 e. The normalized spacial score (nSPS) is 17.6. The van der Waals surface area contributed by atoms with Crippen molar-refractivity contribution < 1.29 is 9.84 Å². The van der Waals surface area contributed by atoms with Gasteiger partial charge in [-0.05, 0) is 18.5 Å². The van der Waals surface area contributed by atoms with Gasteiger partial charge in [0.05, 0.1) is 19.8 Å². The van der Waals surface area contributed by atoms with E-state index >= 15 is 0 Å². The van der Waals surface area contributed by atoms with Crippen LogP contribution in [0.3, 0.4) is 0 Å². The molecule has 8 heteroatoms. The van der Waals surface area contributed by atoms with E-state index in [-0.39, 0.29) is 17.9 Å². The fraction of sp³-hybridized carbons (Fsp3) is 0.700. The summed E-state index contributed by atoms with van der Waals surface area (Å²) in [6, 6.07) is -0.138. The molecule has 0 spiro atoms. The number of aliphatic hydroxyl groups is 1. The van der Waals surface area contributed by atoms with Crippen molar-refractivity contribution in [3.05, 3.63) is 5.28 Å². The fourth-order valence-corrected chi connectivity index (χ4v) is 1.73. The first-order chi connectivity index (χ1) is 8.69. The van der Waals surface area contributed by atoms with E-state index in [1.165, 1.54) is 0 Å². The summed E-state index contributed by atoms with van der Waals surface area (Å²) in [6.45, 7) is 4.59. The summed E-state index contributed by atoms with van der Waals surface area (Å²) in [7, 11) is 0. The van der Waals surface area contributed by atoms with E-state index in [1.54, 1.807) is 0 Å². The van der Waals surface area contributed by atoms with Gasteiger partial charge in [0.2, 0.25) is 17.2 Å². The van der Waals surface area contributed by atoms with Gasteiger partial charge in [0.1, 0.15) is 0 Å². The molecule has 1 saturated heterocycles. The molecule has 1 atom stereocenters. The van der Waals surface area contributed by atoms with Crippen molar-refractivity contribution in [1.29, 1.82) is 0 Å². The number of nitrogens with one attached hydrogen (secondary N) is 1. The molecular weight excluding hydrogens is 258 g/mol. The highest BCUT2D eigenvalue weighted by atomic mass is 35.5. The monoisotopic (exact) mass is 273 g/mol. The van der Waals surface area contributed by atoms with Gasteiger partial charge in [-0.1, -0.05) is 0 Å². The topological polar surface area (TPSA) is 83.4 Å². The molecule has 7 nitrogen and oxygen atoms in total. The largest absolute Gasteiger partial charge is 0.394 e. The molecule has 2 N–H and O–H groups in total. The Morgan fingerprint density at radius 3 is 2.78 bits per heavy atom. The first-order valence-electron chi connectivity index (χ1n) is 5.80. The Kier molecular flexibility index (Phi) is 4.51. The van der Waals surface area contributed by atoms with Crippen LogP contribution in [0.4, 0.5) is 11.9 Å². The first kappa shape index (κ1) is 13.3. The number of morpholine rings is 1. The van der Waals surface area contributed by atoms with E-state index < -0.39 is 0 Å². The number of aliphatic hydroxyl groups excluding tert-OH is 1. The van der Waals surface area contributed by atoms with Crippen molar-refractivity contribution in [2.75, 3.05) is 43.1 Å². The Labute approximate surface area is 110 Å². The molecule has 0 bridgehead atoms. The predicted octanol–water partition coefficient (Wildman–Crippen LogP) is 0.154. The van der Waals surface area contributed by atoms with Crippen LogP contribution < -0.4 is 10.2 Å². The summed E-state index contributed by atoms with van der Waals surface area (Å²) < 4.78 is 5.27. The molecule has 100 valence electrons. The van der Waals surface area contributed by atoms with Crippen LogP contribution in [0.1, 0.15) is 6.92 Å². The van der Waals surface area contributed by atoms with Crippen LogP contribution in [0.5, 0.6) is 0 Å². The molecule has 1 fully saturated rings. The summed E-state index contributed by atoms with van der Waals surface area (Å²) in [5.74, 6) is 0.906. The van der Waals surface area contributed by atoms with Gasteiger partial charge >= 0.3 is 0 Å². The van der Waals surface area contributed by atoms with Gasteiger partial charge in [0, 0.05) is 19.1 Å². The third kappa shape index (κ3) is 3.41. The Hall–Kier alpha value is -1.18. The summed E-state index contributed by atoms with van der Waals surface area (Å²) in [5.41, 5.74) is 0. The number of hydrogen-bond donors (Lipinski definition) is 2. The second-order valence-corrected chi connectivity index (χ2v) is 4.39. The van der Waals surface area contributed by atoms with Gasteiger partial charge in [0.25, 0.3) is 0 Å². The Balaban J connectivity index is 2.14. The predicted molar refractivity (Wildman–Crippen MR) is 68.0 cm³/mol. The van der Waals surface area contributed by atoms with E-state index in [4.69, 9.17) is 21.4 Å². The lowest BCUT2D eigenvalue weighted by Crippen LogP contribution is -2.37. The molecule has 1 unspecified atom stereocenters. The number of anilines is 2. The Morgan fingerprint density at radius 2 is 2.11 bits per heavy atom. The lowest BCUT2D eigenvalue weighted by Gasteiger charge is -2.27. The highest BCUT2D eigenvalue weighted by Crippen LogP contribution is 2.15. The number of hydrogen-bond acceptors (Lipinski definition) is 7. The molecule has 1 aromatic rings. The number of nitrogens with zero attached hydrogens (tertiary/aromatic N) is 4. The van der Waals surface area contributed by atoms with Crippen LogP contribution >= 0.6 is 11.6 Å². The molecule has 0 saturated carbocycles. The van der Waals surface area contributed by atoms with Gasteiger partial charge < -0.3 is 20.1 Å². The fourth-order valence-electron chi connectivity index (χ4n) is 1.57. The van der Waals surface area contributed by atoms with Crippen molar-refractivity contribution in [3.8, 4) is 0 Å². The number of ether oxygens (including phenoxy) is 1. The van der Waals surface area contributed by atoms with E-state index in [2.05, 4.69) is 20.3 Å². The standard InChI is InChI=1S/C10H16ClN5O2/c1-7(6-17)12-9-13-8(11)14-10(15-9)16-2-4-18-5-3-16/h7,17H,2-6H2,1H3,(H,12,13,14,15). The van der Waals surface area contributed by atoms with Crippen LogP contribution in [-0.2, 0) is 4.74 Å². The van der Waals surface area contributed by atoms with Gasteiger partial charge in [-0.25, -0.2) is 0 Å². The minimum Gasteiger partial charge on any atom is -0.394 e. The third-order valence-electron chi connectivity index (χ3n) is 2.54. The maximum absolute atomic E-state index is 8.99. The van der Waals surface area contributed by atoms with E-state index in [0.29, 0.717) is 25.1 Å². The van der Waals surface area contributed by atoms with Gasteiger partial charge in [0.15, 0.2) is 0 Å². The maximum atomic E-state index is 8.99. The van der Waals surface area contributed by atoms with Crippen molar-refractivity contribution in [3.63, 3.8) is 0 Å². The first-order valence-corrected chi connectivity index (χ1v) is 6.18. The highest BCUT2D eigenvalue weighted by molar-refractivity contribution is 6.28. The lowest BCUT2D eigenvalue weighted by molar-refractivity contribution is 0.122. The Bertz CT molecular complexity index is 400. The highest BCUT2D eigenvalue weighted by Gasteiger charge is 2.16. The van der Waals surface area contributed by atoms with Crippen molar-refractivity contribution in [1.82, 2.24) is 15.0 Å². The molecule has 0 aromatic carbocycles. The number of halogens is 1. The SMILES string of the molecule is CC(CO)Nc1nc(Cl)nc(N2CCOCC2)n1. The molecule has 0 radical (unpaired) electrons. The number of aromatic nitrogens is 3. The van der Waals surface area contributed by atoms with Crippen LogP contribution in [0, 0.1) is 0 Å². The molecule has 2 rings (SSSR count). The second kappa shape index (κ2) is 6.12. The molecule has 18 heavy (non-hydrogen) atoms. The zero-order valence-electron chi connectivity index (χ0n) is 10.1. The van der Waals surface area contributed by atoms with Crippen LogP contribution in [-0.4, -0.2) is 59.0 Å². The van der Waals surface area contributed by atoms with Crippen LogP contribution in [0.25, 0.3) is 0 Å². The zero-order valence-corrected chi connectivity index (χ0v) is 10.9. The van der Waals surface area contributed by atoms with E-state index in [0.717, 1.165) is 13.1 Å². The molecule has 1 aromatic heterocycles. The third-order valence-corrected chi connectivity index (χ3v) is 2.71. The summed E-state index contributed by atoms with van der Waals surface area (Å²) in [5, 5.41) is 12.1. The quantitative estimate of drug-likeness (QED) is 0.808. The van der Waals surface area contributed by atoms with Gasteiger partial charge in [-0.3, -0.25) is 0 Å². The summed E-state index contributed by atoms with van der Waals surface area (Å²) in [4.78, 5) is 14.4. The summed E-state index contributed by atoms with van der Waals surface area (Å²) in [6.07, 6.45) is 0. The van der Waals surface area contributed by atoms with Crippen molar-refractivity contribution in [2.45, 2.75) is 13.0 Å². The summed E-state index contributed by atoms with van der Waals surface area (Å²) >= 11 is 5.87. The zero-order chi connectivity index (χ0) is 13.0. The maximum Gasteiger partial charge on any atom is 0.231 e. The molecular formula is C10H16ClN5O2. The molecule has 2 heterocycles. The Morgan fingerprint density at radius 1 is 1.39 bits per heavy atom. The lowest BCUT2D eigenvalue weighted by atomic mass is 10.4.